The summed E-state index contributed by atoms with van der Waals surface area (Å²) in [6.45, 7) is 3.35. The molecule has 0 radical (unpaired) electrons. The van der Waals surface area contributed by atoms with E-state index in [1.165, 1.54) is 19.3 Å². The van der Waals surface area contributed by atoms with Gasteiger partial charge in [0.25, 0.3) is 5.91 Å². The van der Waals surface area contributed by atoms with Gasteiger partial charge >= 0.3 is 0 Å². The lowest BCUT2D eigenvalue weighted by Crippen LogP contribution is -2.28. The van der Waals surface area contributed by atoms with E-state index in [9.17, 15) is 4.79 Å². The lowest BCUT2D eigenvalue weighted by molar-refractivity contribution is 0.0952. The monoisotopic (exact) mass is 308 g/mol. The minimum atomic E-state index is -0.113. The molecule has 1 N–H and O–H groups in total. The number of carbonyl (C=O) groups is 1. The highest BCUT2D eigenvalue weighted by Gasteiger charge is 2.24. The zero-order valence-electron chi connectivity index (χ0n) is 13.2. The predicted octanol–water partition coefficient (Wildman–Crippen LogP) is 2.76. The van der Waals surface area contributed by atoms with Crippen LogP contribution in [0.15, 0.2) is 30.5 Å². The topological polar surface area (TPSA) is 70.7 Å². The Balaban J connectivity index is 1.58. The minimum Gasteiger partial charge on any atom is -0.350 e. The lowest BCUT2D eigenvalue weighted by atomic mass is 9.85. The van der Waals surface area contributed by atoms with Gasteiger partial charge in [-0.25, -0.2) is 4.98 Å². The maximum atomic E-state index is 12.1. The lowest BCUT2D eigenvalue weighted by Gasteiger charge is -2.26. The molecule has 3 rings (SSSR count). The molecule has 23 heavy (non-hydrogen) atoms. The van der Waals surface area contributed by atoms with Crippen LogP contribution in [0.5, 0.6) is 0 Å². The number of nitrogens with zero attached hydrogens (tertiary/aromatic N) is 3. The van der Waals surface area contributed by atoms with Gasteiger partial charge in [-0.15, -0.1) is 0 Å². The second kappa shape index (κ2) is 6.66. The number of nitrogens with one attached hydrogen (secondary N) is 1. The minimum absolute atomic E-state index is 0.113. The van der Waals surface area contributed by atoms with Crippen LogP contribution in [0.2, 0.25) is 0 Å². The molecule has 1 saturated carbocycles. The third-order valence-electron chi connectivity index (χ3n) is 4.45. The molecule has 1 fully saturated rings. The third-order valence-corrected chi connectivity index (χ3v) is 4.45. The summed E-state index contributed by atoms with van der Waals surface area (Å²) in [7, 11) is 0. The maximum Gasteiger partial charge on any atom is 0.251 e. The van der Waals surface area contributed by atoms with Crippen molar-refractivity contribution >= 4 is 5.91 Å². The third kappa shape index (κ3) is 3.26. The second-order valence-electron chi connectivity index (χ2n) is 5.98. The summed E-state index contributed by atoms with van der Waals surface area (Å²) < 4.78 is 2.21. The van der Waals surface area contributed by atoms with E-state index in [-0.39, 0.29) is 5.91 Å². The van der Waals surface area contributed by atoms with Gasteiger partial charge in [-0.3, -0.25) is 4.79 Å². The molecule has 2 aromatic rings. The van der Waals surface area contributed by atoms with Crippen LogP contribution < -0.4 is 5.32 Å². The van der Waals surface area contributed by atoms with Crippen LogP contribution in [0.3, 0.4) is 0 Å². The van der Waals surface area contributed by atoms with Crippen LogP contribution in [0.4, 0.5) is 0 Å². The van der Waals surface area contributed by atoms with Gasteiger partial charge in [0.05, 0.1) is 11.6 Å². The molecule has 0 saturated heterocycles. The van der Waals surface area contributed by atoms with E-state index in [0.29, 0.717) is 23.6 Å². The number of benzene rings is 1. The van der Waals surface area contributed by atoms with Crippen LogP contribution in [0, 0.1) is 18.3 Å². The molecule has 118 valence electrons. The summed E-state index contributed by atoms with van der Waals surface area (Å²) in [5, 5.41) is 11.7. The predicted molar refractivity (Wildman–Crippen MR) is 87.0 cm³/mol. The Morgan fingerprint density at radius 1 is 1.39 bits per heavy atom. The van der Waals surface area contributed by atoms with E-state index in [1.807, 2.05) is 12.3 Å². The number of nitriles is 1. The van der Waals surface area contributed by atoms with Crippen LogP contribution in [0.25, 0.3) is 0 Å². The Morgan fingerprint density at radius 2 is 2.13 bits per heavy atom. The summed E-state index contributed by atoms with van der Waals surface area (Å²) in [5.41, 5.74) is 2.27. The number of carbonyl (C=O) groups excluding carboxylic acids is 1. The Hall–Kier alpha value is -2.61. The van der Waals surface area contributed by atoms with Gasteiger partial charge in [0.1, 0.15) is 5.82 Å². The molecular formula is C18H20N4O. The first-order valence-electron chi connectivity index (χ1n) is 7.99. The summed E-state index contributed by atoms with van der Waals surface area (Å²) in [4.78, 5) is 16.7. The molecule has 5 nitrogen and oxygen atoms in total. The number of imidazole rings is 1. The Labute approximate surface area is 136 Å². The molecule has 0 aliphatic heterocycles. The van der Waals surface area contributed by atoms with E-state index < -0.39 is 0 Å². The van der Waals surface area contributed by atoms with Crippen molar-refractivity contribution in [2.45, 2.75) is 38.6 Å². The first-order chi connectivity index (χ1) is 11.2. The zero-order chi connectivity index (χ0) is 16.2. The quantitative estimate of drug-likeness (QED) is 0.923. The number of hydrogen-bond donors (Lipinski definition) is 1. The van der Waals surface area contributed by atoms with Crippen LogP contribution in [-0.2, 0) is 6.54 Å². The Bertz CT molecular complexity index is 735. The molecule has 0 atom stereocenters. The van der Waals surface area contributed by atoms with Crippen molar-refractivity contribution in [1.29, 1.82) is 5.26 Å². The van der Waals surface area contributed by atoms with Crippen molar-refractivity contribution in [3.8, 4) is 6.07 Å². The molecular weight excluding hydrogens is 288 g/mol. The van der Waals surface area contributed by atoms with Crippen LogP contribution >= 0.6 is 0 Å². The fourth-order valence-corrected chi connectivity index (χ4v) is 2.84. The molecule has 0 bridgehead atoms. The Kier molecular flexibility index (Phi) is 4.42. The van der Waals surface area contributed by atoms with Gasteiger partial charge in [0.15, 0.2) is 0 Å². The van der Waals surface area contributed by atoms with Crippen molar-refractivity contribution < 1.29 is 4.79 Å². The van der Waals surface area contributed by atoms with E-state index >= 15 is 0 Å². The Morgan fingerprint density at radius 3 is 2.74 bits per heavy atom. The van der Waals surface area contributed by atoms with E-state index in [0.717, 1.165) is 18.1 Å². The van der Waals surface area contributed by atoms with E-state index in [4.69, 9.17) is 5.26 Å². The molecule has 0 unspecified atom stereocenters. The summed E-state index contributed by atoms with van der Waals surface area (Å²) in [6, 6.07) is 8.71. The van der Waals surface area contributed by atoms with E-state index in [1.54, 1.807) is 24.3 Å². The number of rotatable bonds is 5. The number of hydrogen-bond acceptors (Lipinski definition) is 3. The van der Waals surface area contributed by atoms with E-state index in [2.05, 4.69) is 21.8 Å². The highest BCUT2D eigenvalue weighted by Crippen LogP contribution is 2.35. The van der Waals surface area contributed by atoms with Crippen molar-refractivity contribution in [3.63, 3.8) is 0 Å². The van der Waals surface area contributed by atoms with Gasteiger partial charge in [-0.05, 0) is 44.0 Å². The highest BCUT2D eigenvalue weighted by atomic mass is 16.1. The standard InChI is InChI=1S/C18H20N4O/c1-13-12-21-17(15-3-2-4-15)22(13)10-9-20-18(23)16-7-5-14(11-19)6-8-16/h5-8,12,15H,2-4,9-10H2,1H3,(H,20,23). The molecule has 1 aromatic carbocycles. The molecule has 1 aliphatic carbocycles. The van der Waals surface area contributed by atoms with Crippen molar-refractivity contribution in [1.82, 2.24) is 14.9 Å². The second-order valence-corrected chi connectivity index (χ2v) is 5.98. The molecule has 1 amide bonds. The fraction of sp³-hybridized carbons (Fsp3) is 0.389. The number of aryl methyl sites for hydroxylation is 1. The van der Waals surface area contributed by atoms with Gasteiger partial charge in [0.2, 0.25) is 0 Å². The average Bonchev–Trinajstić information content (AvgIpc) is 2.87. The van der Waals surface area contributed by atoms with Crippen molar-refractivity contribution in [3.05, 3.63) is 53.1 Å². The first-order valence-corrected chi connectivity index (χ1v) is 7.99. The molecule has 1 heterocycles. The molecule has 0 spiro atoms. The first kappa shape index (κ1) is 15.3. The summed E-state index contributed by atoms with van der Waals surface area (Å²) in [6.07, 6.45) is 5.63. The zero-order valence-corrected chi connectivity index (χ0v) is 13.2. The van der Waals surface area contributed by atoms with Crippen molar-refractivity contribution in [2.75, 3.05) is 6.54 Å². The SMILES string of the molecule is Cc1cnc(C2CCC2)n1CCNC(=O)c1ccc(C#N)cc1. The maximum absolute atomic E-state index is 12.1. The van der Waals surface area contributed by atoms with Gasteiger partial charge in [0, 0.05) is 36.5 Å². The largest absolute Gasteiger partial charge is 0.350 e. The summed E-state index contributed by atoms with van der Waals surface area (Å²) in [5.74, 6) is 1.62. The highest BCUT2D eigenvalue weighted by molar-refractivity contribution is 5.94. The number of amides is 1. The molecule has 1 aromatic heterocycles. The summed E-state index contributed by atoms with van der Waals surface area (Å²) >= 11 is 0. The van der Waals surface area contributed by atoms with Gasteiger partial charge < -0.3 is 9.88 Å². The van der Waals surface area contributed by atoms with Crippen molar-refractivity contribution in [2.24, 2.45) is 0 Å². The molecule has 5 heteroatoms. The van der Waals surface area contributed by atoms with Gasteiger partial charge in [-0.2, -0.15) is 5.26 Å². The normalized spacial score (nSPS) is 14.1. The molecule has 1 aliphatic rings. The fourth-order valence-electron chi connectivity index (χ4n) is 2.84. The average molecular weight is 308 g/mol. The smallest absolute Gasteiger partial charge is 0.251 e. The van der Waals surface area contributed by atoms with Crippen LogP contribution in [0.1, 0.15) is 52.6 Å². The number of aromatic nitrogens is 2. The van der Waals surface area contributed by atoms with Gasteiger partial charge in [-0.1, -0.05) is 6.42 Å². The van der Waals surface area contributed by atoms with Crippen LogP contribution in [-0.4, -0.2) is 22.0 Å².